The van der Waals surface area contributed by atoms with E-state index in [2.05, 4.69) is 48.0 Å². The molecule has 0 aliphatic heterocycles. The van der Waals surface area contributed by atoms with E-state index in [9.17, 15) is 0 Å². The van der Waals surface area contributed by atoms with Crippen molar-refractivity contribution >= 4 is 11.0 Å². The third-order valence-electron chi connectivity index (χ3n) is 3.95. The monoisotopic (exact) mass is 271 g/mol. The van der Waals surface area contributed by atoms with Crippen LogP contribution in [0.2, 0.25) is 0 Å². The van der Waals surface area contributed by atoms with Crippen molar-refractivity contribution in [2.45, 2.75) is 39.5 Å². The second-order valence-electron chi connectivity index (χ2n) is 5.18. The lowest BCUT2D eigenvalue weighted by atomic mass is 9.94. The van der Waals surface area contributed by atoms with Gasteiger partial charge in [0.1, 0.15) is 5.82 Å². The Hall–Kier alpha value is -2.10. The van der Waals surface area contributed by atoms with E-state index in [0.29, 0.717) is 5.92 Å². The molecule has 0 amide bonds. The van der Waals surface area contributed by atoms with Crippen LogP contribution in [-0.4, -0.2) is 15.1 Å². The minimum Gasteiger partial charge on any atom is -0.356 e. The van der Waals surface area contributed by atoms with Gasteiger partial charge in [0.2, 0.25) is 0 Å². The van der Waals surface area contributed by atoms with Gasteiger partial charge in [-0.2, -0.15) is 0 Å². The molecule has 0 saturated carbocycles. The fourth-order valence-electron chi connectivity index (χ4n) is 2.52. The molecule has 106 valence electrons. The number of imidazole rings is 1. The van der Waals surface area contributed by atoms with E-state index in [0.717, 1.165) is 40.9 Å². The Labute approximate surface area is 119 Å². The number of hydrogen-bond donors (Lipinski definition) is 1. The Morgan fingerprint density at radius 3 is 2.85 bits per heavy atom. The molecule has 0 spiro atoms. The molecular formula is C16H21N3O. The van der Waals surface area contributed by atoms with E-state index in [1.54, 1.807) is 0 Å². The molecule has 1 N–H and O–H groups in total. The maximum Gasteiger partial charge on any atom is 0.176 e. The summed E-state index contributed by atoms with van der Waals surface area (Å²) in [6.07, 6.45) is 5.67. The molecule has 3 rings (SSSR count). The Kier molecular flexibility index (Phi) is 3.30. The predicted octanol–water partition coefficient (Wildman–Crippen LogP) is 4.54. The molecule has 4 nitrogen and oxygen atoms in total. The quantitative estimate of drug-likeness (QED) is 0.758. The summed E-state index contributed by atoms with van der Waals surface area (Å²) in [7, 11) is 0. The van der Waals surface area contributed by atoms with Gasteiger partial charge >= 0.3 is 0 Å². The second kappa shape index (κ2) is 5.12. The molecule has 2 aromatic heterocycles. The highest BCUT2D eigenvalue weighted by Gasteiger charge is 2.16. The highest BCUT2D eigenvalue weighted by atomic mass is 16.5. The molecule has 20 heavy (non-hydrogen) atoms. The maximum absolute atomic E-state index is 5.48. The van der Waals surface area contributed by atoms with Crippen molar-refractivity contribution in [1.82, 2.24) is 15.1 Å². The van der Waals surface area contributed by atoms with Crippen molar-refractivity contribution in [2.24, 2.45) is 0 Å². The first-order valence-electron chi connectivity index (χ1n) is 7.16. The summed E-state index contributed by atoms with van der Waals surface area (Å²) >= 11 is 0. The summed E-state index contributed by atoms with van der Waals surface area (Å²) in [6.45, 7) is 6.51. The molecule has 0 bridgehead atoms. The molecule has 1 unspecified atom stereocenters. The van der Waals surface area contributed by atoms with Gasteiger partial charge in [0.25, 0.3) is 0 Å². The summed E-state index contributed by atoms with van der Waals surface area (Å²) in [5, 5.41) is 5.08. The van der Waals surface area contributed by atoms with Crippen LogP contribution in [0, 0.1) is 0 Å². The van der Waals surface area contributed by atoms with E-state index in [-0.39, 0.29) is 1.43 Å². The van der Waals surface area contributed by atoms with Gasteiger partial charge in [-0.1, -0.05) is 32.0 Å². The van der Waals surface area contributed by atoms with Crippen LogP contribution >= 0.6 is 0 Å². The lowest BCUT2D eigenvalue weighted by Crippen LogP contribution is -1.93. The van der Waals surface area contributed by atoms with Crippen LogP contribution in [0.3, 0.4) is 0 Å². The lowest BCUT2D eigenvalue weighted by Gasteiger charge is -2.10. The Morgan fingerprint density at radius 1 is 1.30 bits per heavy atom. The van der Waals surface area contributed by atoms with E-state index in [1.807, 2.05) is 12.4 Å². The molecule has 3 aromatic rings. The fourth-order valence-corrected chi connectivity index (χ4v) is 2.52. The van der Waals surface area contributed by atoms with Gasteiger partial charge in [-0.15, -0.1) is 0 Å². The van der Waals surface area contributed by atoms with Gasteiger partial charge in [-0.05, 0) is 24.0 Å². The normalized spacial score (nSPS) is 12.9. The average Bonchev–Trinajstić information content (AvgIpc) is 3.14. The SMILES string of the molecule is CCc1ncc(-c2ccc(C(C)CC)c3cnoc23)[nH]1.[HH]. The number of fused-ring (bicyclic) bond motifs is 1. The maximum atomic E-state index is 5.48. The standard InChI is InChI=1S/C16H19N3O.H2/c1-4-10(3)11-6-7-12(16-13(11)8-18-20-16)14-9-17-15(5-2)19-14;/h6-10H,4-5H2,1-3H3,(H,17,19);1H. The summed E-state index contributed by atoms with van der Waals surface area (Å²) in [4.78, 5) is 7.68. The van der Waals surface area contributed by atoms with Crippen LogP contribution in [0.1, 0.15) is 45.9 Å². The second-order valence-corrected chi connectivity index (χ2v) is 5.18. The zero-order chi connectivity index (χ0) is 14.1. The summed E-state index contributed by atoms with van der Waals surface area (Å²) in [5.41, 5.74) is 4.15. The van der Waals surface area contributed by atoms with Crippen molar-refractivity contribution in [3.05, 3.63) is 35.9 Å². The van der Waals surface area contributed by atoms with Crippen molar-refractivity contribution in [2.75, 3.05) is 0 Å². The van der Waals surface area contributed by atoms with E-state index < -0.39 is 0 Å². The van der Waals surface area contributed by atoms with E-state index in [4.69, 9.17) is 4.52 Å². The first-order chi connectivity index (χ1) is 9.74. The minimum absolute atomic E-state index is 0. The van der Waals surface area contributed by atoms with Gasteiger partial charge in [-0.3, -0.25) is 0 Å². The molecule has 1 atom stereocenters. The molecule has 0 saturated heterocycles. The topological polar surface area (TPSA) is 54.7 Å². The zero-order valence-electron chi connectivity index (χ0n) is 12.1. The minimum atomic E-state index is 0. The molecular weight excluding hydrogens is 250 g/mol. The Bertz CT molecular complexity index is 732. The van der Waals surface area contributed by atoms with Crippen molar-refractivity contribution in [3.8, 4) is 11.3 Å². The number of H-pyrrole nitrogens is 1. The zero-order valence-corrected chi connectivity index (χ0v) is 12.1. The molecule has 0 fully saturated rings. The number of rotatable bonds is 4. The first-order valence-corrected chi connectivity index (χ1v) is 7.16. The van der Waals surface area contributed by atoms with E-state index in [1.165, 1.54) is 5.56 Å². The van der Waals surface area contributed by atoms with Gasteiger partial charge in [-0.25, -0.2) is 4.98 Å². The van der Waals surface area contributed by atoms with Crippen LogP contribution in [0.5, 0.6) is 0 Å². The van der Waals surface area contributed by atoms with Crippen LogP contribution in [0.25, 0.3) is 22.2 Å². The number of aromatic amines is 1. The number of benzene rings is 1. The smallest absolute Gasteiger partial charge is 0.176 e. The van der Waals surface area contributed by atoms with Gasteiger partial charge < -0.3 is 9.51 Å². The number of aryl methyl sites for hydroxylation is 1. The summed E-state index contributed by atoms with van der Waals surface area (Å²) < 4.78 is 5.48. The highest BCUT2D eigenvalue weighted by molar-refractivity contribution is 5.93. The van der Waals surface area contributed by atoms with Crippen molar-refractivity contribution in [1.29, 1.82) is 0 Å². The van der Waals surface area contributed by atoms with Gasteiger partial charge in [0.05, 0.1) is 18.1 Å². The largest absolute Gasteiger partial charge is 0.356 e. The number of nitrogens with zero attached hydrogens (tertiary/aromatic N) is 2. The average molecular weight is 271 g/mol. The molecule has 0 radical (unpaired) electrons. The van der Waals surface area contributed by atoms with E-state index >= 15 is 0 Å². The number of hydrogen-bond acceptors (Lipinski definition) is 3. The van der Waals surface area contributed by atoms with Gasteiger partial charge in [0, 0.05) is 18.8 Å². The third-order valence-corrected chi connectivity index (χ3v) is 3.95. The van der Waals surface area contributed by atoms with Crippen LogP contribution in [0.15, 0.2) is 29.0 Å². The fraction of sp³-hybridized carbons (Fsp3) is 0.375. The predicted molar refractivity (Wildman–Crippen MR) is 81.8 cm³/mol. The first kappa shape index (κ1) is 12.9. The third kappa shape index (κ3) is 2.01. The molecule has 4 heteroatoms. The summed E-state index contributed by atoms with van der Waals surface area (Å²) in [5.74, 6) is 1.48. The Balaban J connectivity index is 0.00000161. The lowest BCUT2D eigenvalue weighted by molar-refractivity contribution is 0.457. The highest BCUT2D eigenvalue weighted by Crippen LogP contribution is 2.34. The van der Waals surface area contributed by atoms with Crippen LogP contribution in [0.4, 0.5) is 0 Å². The number of aromatic nitrogens is 3. The van der Waals surface area contributed by atoms with Gasteiger partial charge in [0.15, 0.2) is 5.58 Å². The Morgan fingerprint density at radius 2 is 2.15 bits per heavy atom. The summed E-state index contributed by atoms with van der Waals surface area (Å²) in [6, 6.07) is 4.28. The molecule has 0 aliphatic carbocycles. The molecule has 1 aromatic carbocycles. The van der Waals surface area contributed by atoms with Crippen LogP contribution in [-0.2, 0) is 6.42 Å². The van der Waals surface area contributed by atoms with Crippen molar-refractivity contribution in [3.63, 3.8) is 0 Å². The molecule has 0 aliphatic rings. The number of nitrogens with one attached hydrogen (secondary N) is 1. The van der Waals surface area contributed by atoms with Crippen molar-refractivity contribution < 1.29 is 5.95 Å². The molecule has 2 heterocycles. The van der Waals surface area contributed by atoms with Crippen LogP contribution < -0.4 is 0 Å².